The lowest BCUT2D eigenvalue weighted by Gasteiger charge is -2.29. The Morgan fingerprint density at radius 1 is 1.29 bits per heavy atom. The summed E-state index contributed by atoms with van der Waals surface area (Å²) >= 11 is 0. The SMILES string of the molecule is C=CC(C)(C)[C@H](C=C(C)C)OC(=O)CCc1ccccc1. The minimum Gasteiger partial charge on any atom is -0.457 e. The van der Waals surface area contributed by atoms with Crippen molar-refractivity contribution in [2.75, 3.05) is 0 Å². The molecule has 1 aromatic carbocycles. The summed E-state index contributed by atoms with van der Waals surface area (Å²) in [5, 5.41) is 0. The minimum absolute atomic E-state index is 0.170. The van der Waals surface area contributed by atoms with Crippen LogP contribution in [-0.2, 0) is 16.0 Å². The van der Waals surface area contributed by atoms with Crippen molar-refractivity contribution in [3.8, 4) is 0 Å². The average molecular weight is 286 g/mol. The summed E-state index contributed by atoms with van der Waals surface area (Å²) in [6, 6.07) is 9.98. The third-order valence-electron chi connectivity index (χ3n) is 3.46. The summed E-state index contributed by atoms with van der Waals surface area (Å²) in [7, 11) is 0. The number of rotatable bonds is 7. The first-order chi connectivity index (χ1) is 9.85. The van der Waals surface area contributed by atoms with E-state index < -0.39 is 0 Å². The monoisotopic (exact) mass is 286 g/mol. The summed E-state index contributed by atoms with van der Waals surface area (Å²) in [6.45, 7) is 11.9. The first-order valence-corrected chi connectivity index (χ1v) is 7.37. The van der Waals surface area contributed by atoms with Crippen LogP contribution in [0.5, 0.6) is 0 Å². The van der Waals surface area contributed by atoms with E-state index in [9.17, 15) is 4.79 Å². The molecule has 0 N–H and O–H groups in total. The Hall–Kier alpha value is -1.83. The quantitative estimate of drug-likeness (QED) is 0.536. The standard InChI is InChI=1S/C19H26O2/c1-6-19(4,5)17(14-15(2)3)21-18(20)13-12-16-10-8-7-9-11-16/h6-11,14,17H,1,12-13H2,2-5H3/t17-/m0/s1. The maximum absolute atomic E-state index is 12.1. The molecule has 0 aliphatic heterocycles. The first kappa shape index (κ1) is 17.2. The van der Waals surface area contributed by atoms with Crippen LogP contribution in [-0.4, -0.2) is 12.1 Å². The number of benzene rings is 1. The molecule has 0 fully saturated rings. The van der Waals surface area contributed by atoms with Crippen molar-refractivity contribution in [3.05, 3.63) is 60.2 Å². The molecular formula is C19H26O2. The van der Waals surface area contributed by atoms with Crippen LogP contribution in [0.15, 0.2) is 54.6 Å². The lowest BCUT2D eigenvalue weighted by atomic mass is 9.85. The highest BCUT2D eigenvalue weighted by Gasteiger charge is 2.28. The van der Waals surface area contributed by atoms with Crippen LogP contribution in [0.25, 0.3) is 0 Å². The van der Waals surface area contributed by atoms with Crippen molar-refractivity contribution in [3.63, 3.8) is 0 Å². The molecule has 1 rings (SSSR count). The Bertz CT molecular complexity index is 494. The van der Waals surface area contributed by atoms with Crippen molar-refractivity contribution in [2.45, 2.75) is 46.6 Å². The van der Waals surface area contributed by atoms with Crippen molar-refractivity contribution in [1.29, 1.82) is 0 Å². The van der Waals surface area contributed by atoms with Gasteiger partial charge in [-0.1, -0.05) is 55.8 Å². The van der Waals surface area contributed by atoms with E-state index in [1.54, 1.807) is 0 Å². The van der Waals surface area contributed by atoms with Gasteiger partial charge < -0.3 is 4.74 Å². The fourth-order valence-electron chi connectivity index (χ4n) is 1.91. The molecular weight excluding hydrogens is 260 g/mol. The highest BCUT2D eigenvalue weighted by Crippen LogP contribution is 2.27. The Kier molecular flexibility index (Phi) is 6.41. The molecule has 0 heterocycles. The van der Waals surface area contributed by atoms with Crippen molar-refractivity contribution in [2.24, 2.45) is 5.41 Å². The second-order valence-electron chi connectivity index (χ2n) is 6.17. The van der Waals surface area contributed by atoms with Crippen LogP contribution < -0.4 is 0 Å². The molecule has 0 amide bonds. The molecule has 0 saturated heterocycles. The van der Waals surface area contributed by atoms with Gasteiger partial charge in [-0.25, -0.2) is 0 Å². The lowest BCUT2D eigenvalue weighted by Crippen LogP contribution is -2.31. The number of ether oxygens (including phenoxy) is 1. The van der Waals surface area contributed by atoms with E-state index in [0.29, 0.717) is 12.8 Å². The molecule has 1 atom stereocenters. The molecule has 2 heteroatoms. The zero-order chi connectivity index (χ0) is 15.9. The van der Waals surface area contributed by atoms with E-state index >= 15 is 0 Å². The van der Waals surface area contributed by atoms with E-state index in [4.69, 9.17) is 4.74 Å². The van der Waals surface area contributed by atoms with Crippen molar-refractivity contribution < 1.29 is 9.53 Å². The second kappa shape index (κ2) is 7.82. The zero-order valence-electron chi connectivity index (χ0n) is 13.6. The van der Waals surface area contributed by atoms with Crippen LogP contribution in [0.3, 0.4) is 0 Å². The third kappa shape index (κ3) is 5.99. The molecule has 0 spiro atoms. The zero-order valence-corrected chi connectivity index (χ0v) is 13.6. The van der Waals surface area contributed by atoms with Gasteiger partial charge in [0.2, 0.25) is 0 Å². The molecule has 0 saturated carbocycles. The number of esters is 1. The van der Waals surface area contributed by atoms with Crippen molar-refractivity contribution >= 4 is 5.97 Å². The van der Waals surface area contributed by atoms with Crippen LogP contribution in [0.1, 0.15) is 39.7 Å². The van der Waals surface area contributed by atoms with Crippen molar-refractivity contribution in [1.82, 2.24) is 0 Å². The van der Waals surface area contributed by atoms with E-state index in [-0.39, 0.29) is 17.5 Å². The topological polar surface area (TPSA) is 26.3 Å². The predicted octanol–water partition coefficient (Wildman–Crippen LogP) is 4.71. The number of hydrogen-bond acceptors (Lipinski definition) is 2. The Morgan fingerprint density at radius 3 is 2.43 bits per heavy atom. The number of aryl methyl sites for hydroxylation is 1. The molecule has 0 radical (unpaired) electrons. The molecule has 0 aliphatic rings. The largest absolute Gasteiger partial charge is 0.457 e. The fourth-order valence-corrected chi connectivity index (χ4v) is 1.91. The van der Waals surface area contributed by atoms with Crippen LogP contribution >= 0.6 is 0 Å². The fraction of sp³-hybridized carbons (Fsp3) is 0.421. The summed E-state index contributed by atoms with van der Waals surface area (Å²) in [5.41, 5.74) is 2.00. The maximum Gasteiger partial charge on any atom is 0.306 e. The maximum atomic E-state index is 12.1. The summed E-state index contributed by atoms with van der Waals surface area (Å²) in [6.07, 6.45) is 4.65. The number of hydrogen-bond donors (Lipinski definition) is 0. The van der Waals surface area contributed by atoms with Gasteiger partial charge in [-0.2, -0.15) is 0 Å². The number of carbonyl (C=O) groups is 1. The minimum atomic E-state index is -0.278. The van der Waals surface area contributed by atoms with Crippen LogP contribution in [0.2, 0.25) is 0 Å². The highest BCUT2D eigenvalue weighted by molar-refractivity contribution is 5.70. The second-order valence-corrected chi connectivity index (χ2v) is 6.17. The number of allylic oxidation sites excluding steroid dienone is 1. The van der Waals surface area contributed by atoms with Gasteiger partial charge in [-0.05, 0) is 31.9 Å². The van der Waals surface area contributed by atoms with Gasteiger partial charge in [0.15, 0.2) is 0 Å². The van der Waals surface area contributed by atoms with E-state index in [1.165, 1.54) is 0 Å². The number of carbonyl (C=O) groups excluding carboxylic acids is 1. The van der Waals surface area contributed by atoms with Gasteiger partial charge in [0.1, 0.15) is 6.10 Å². The first-order valence-electron chi connectivity index (χ1n) is 7.37. The van der Waals surface area contributed by atoms with Gasteiger partial charge in [-0.3, -0.25) is 4.79 Å². The molecule has 0 unspecified atom stereocenters. The molecule has 2 nitrogen and oxygen atoms in total. The molecule has 1 aromatic rings. The third-order valence-corrected chi connectivity index (χ3v) is 3.46. The molecule has 21 heavy (non-hydrogen) atoms. The predicted molar refractivity (Wildman–Crippen MR) is 88.1 cm³/mol. The highest BCUT2D eigenvalue weighted by atomic mass is 16.5. The summed E-state index contributed by atoms with van der Waals surface area (Å²) in [5.74, 6) is -0.170. The average Bonchev–Trinajstić information content (AvgIpc) is 2.45. The Morgan fingerprint density at radius 2 is 1.90 bits per heavy atom. The normalized spacial score (nSPS) is 12.4. The van der Waals surface area contributed by atoms with E-state index in [2.05, 4.69) is 6.58 Å². The molecule has 114 valence electrons. The summed E-state index contributed by atoms with van der Waals surface area (Å²) in [4.78, 5) is 12.1. The summed E-state index contributed by atoms with van der Waals surface area (Å²) < 4.78 is 5.65. The van der Waals surface area contributed by atoms with Gasteiger partial charge in [0, 0.05) is 11.8 Å². The van der Waals surface area contributed by atoms with Gasteiger partial charge in [-0.15, -0.1) is 6.58 Å². The Labute approximate surface area is 128 Å². The Balaban J connectivity index is 2.64. The van der Waals surface area contributed by atoms with Crippen LogP contribution in [0.4, 0.5) is 0 Å². The van der Waals surface area contributed by atoms with Crippen LogP contribution in [0, 0.1) is 5.41 Å². The van der Waals surface area contributed by atoms with Gasteiger partial charge in [0.25, 0.3) is 0 Å². The lowest BCUT2D eigenvalue weighted by molar-refractivity contribution is -0.150. The van der Waals surface area contributed by atoms with Gasteiger partial charge in [0.05, 0.1) is 0 Å². The molecule has 0 bridgehead atoms. The van der Waals surface area contributed by atoms with Gasteiger partial charge >= 0.3 is 5.97 Å². The van der Waals surface area contributed by atoms with E-state index in [0.717, 1.165) is 11.1 Å². The van der Waals surface area contributed by atoms with E-state index in [1.807, 2.05) is 70.2 Å². The molecule has 0 aromatic heterocycles. The molecule has 0 aliphatic carbocycles. The smallest absolute Gasteiger partial charge is 0.306 e.